The molecule has 4 unspecified atom stereocenters. The van der Waals surface area contributed by atoms with Crippen LogP contribution in [-0.2, 0) is 28.8 Å². The summed E-state index contributed by atoms with van der Waals surface area (Å²) in [6, 6.07) is -3.62. The zero-order valence-electron chi connectivity index (χ0n) is 23.7. The summed E-state index contributed by atoms with van der Waals surface area (Å²) in [7, 11) is 0. The van der Waals surface area contributed by atoms with E-state index in [1.54, 1.807) is 0 Å². The van der Waals surface area contributed by atoms with Gasteiger partial charge >= 0.3 is 0 Å². The molecule has 4 atom stereocenters. The molecular formula is C24H45N9O6S. The minimum absolute atomic E-state index is 0.0338. The van der Waals surface area contributed by atoms with Crippen molar-refractivity contribution in [2.24, 2.45) is 28.1 Å². The molecule has 0 saturated heterocycles. The third-order valence-corrected chi connectivity index (χ3v) is 6.09. The second kappa shape index (κ2) is 20.5. The number of carbonyl (C=O) groups excluding carboxylic acids is 6. The highest BCUT2D eigenvalue weighted by atomic mass is 32.2. The molecule has 0 aromatic rings. The molecule has 0 aromatic carbocycles. The van der Waals surface area contributed by atoms with Gasteiger partial charge in [-0.2, -0.15) is 11.8 Å². The van der Waals surface area contributed by atoms with E-state index in [4.69, 9.17) is 17.2 Å². The number of amides is 5. The molecule has 0 saturated carbocycles. The van der Waals surface area contributed by atoms with E-state index in [-0.39, 0.29) is 18.4 Å². The quantitative estimate of drug-likeness (QED) is 0.0311. The van der Waals surface area contributed by atoms with E-state index < -0.39 is 60.2 Å². The smallest absolute Gasteiger partial charge is 0.243 e. The van der Waals surface area contributed by atoms with Crippen molar-refractivity contribution in [3.8, 4) is 0 Å². The van der Waals surface area contributed by atoms with E-state index in [0.717, 1.165) is 0 Å². The Morgan fingerprint density at radius 1 is 0.875 bits per heavy atom. The fraction of sp³-hybridized carbons (Fsp3) is 0.708. The standard InChI is InChI=1S/C24H45N9O6S/c1-14(2)10-18(23(39)31-16(13-34)6-5-8-28-24(26)27)33-21(37)15(3)30-20(36)12-29-22(38)17(7-9-40-4)32-19(35)11-25/h13-18H,5-12,25H2,1-4H3,(H,29,38)(H,30,36)(H,31,39)(H,32,35)(H,33,37)(H4,26,27,28). The number of nitrogens with one attached hydrogen (secondary N) is 5. The Labute approximate surface area is 239 Å². The van der Waals surface area contributed by atoms with Gasteiger partial charge in [-0.1, -0.05) is 13.8 Å². The van der Waals surface area contributed by atoms with Crippen LogP contribution in [0.1, 0.15) is 46.5 Å². The van der Waals surface area contributed by atoms with Gasteiger partial charge in [-0.05, 0) is 50.5 Å². The van der Waals surface area contributed by atoms with Crippen LogP contribution in [0.15, 0.2) is 4.99 Å². The van der Waals surface area contributed by atoms with Crippen LogP contribution in [0, 0.1) is 5.92 Å². The van der Waals surface area contributed by atoms with Gasteiger partial charge in [0.25, 0.3) is 0 Å². The van der Waals surface area contributed by atoms with Crippen LogP contribution in [-0.4, -0.2) is 97.6 Å². The Kier molecular flexibility index (Phi) is 18.8. The number of aliphatic imine (C=N–C) groups is 1. The summed E-state index contributed by atoms with van der Waals surface area (Å²) in [6.07, 6.45) is 3.86. The van der Waals surface area contributed by atoms with E-state index >= 15 is 0 Å². The molecule has 15 nitrogen and oxygen atoms in total. The monoisotopic (exact) mass is 587 g/mol. The summed E-state index contributed by atoms with van der Waals surface area (Å²) in [5, 5.41) is 12.6. The van der Waals surface area contributed by atoms with Gasteiger partial charge in [-0.25, -0.2) is 0 Å². The second-order valence-electron chi connectivity index (χ2n) is 9.50. The molecule has 5 amide bonds. The first-order valence-corrected chi connectivity index (χ1v) is 14.4. The van der Waals surface area contributed by atoms with E-state index in [1.165, 1.54) is 18.7 Å². The predicted molar refractivity (Wildman–Crippen MR) is 154 cm³/mol. The SMILES string of the molecule is CSCCC(NC(=O)CN)C(=O)NCC(=O)NC(C)C(=O)NC(CC(C)C)C(=O)NC(C=O)CCCN=C(N)N. The summed E-state index contributed by atoms with van der Waals surface area (Å²) in [5.74, 6) is -2.29. The Morgan fingerprint density at radius 3 is 2.10 bits per heavy atom. The first kappa shape index (κ1) is 36.6. The van der Waals surface area contributed by atoms with Crippen molar-refractivity contribution in [2.75, 3.05) is 31.6 Å². The minimum atomic E-state index is -1.03. The van der Waals surface area contributed by atoms with Crippen LogP contribution in [0.4, 0.5) is 0 Å². The summed E-state index contributed by atoms with van der Waals surface area (Å²) < 4.78 is 0. The molecule has 11 N–H and O–H groups in total. The van der Waals surface area contributed by atoms with E-state index in [9.17, 15) is 28.8 Å². The molecular weight excluding hydrogens is 542 g/mol. The zero-order valence-corrected chi connectivity index (χ0v) is 24.5. The topological polar surface area (TPSA) is 253 Å². The molecule has 0 aliphatic heterocycles. The fourth-order valence-corrected chi connectivity index (χ4v) is 3.85. The number of thioether (sulfide) groups is 1. The molecule has 16 heteroatoms. The van der Waals surface area contributed by atoms with Crippen LogP contribution >= 0.6 is 11.8 Å². The first-order chi connectivity index (χ1) is 18.8. The van der Waals surface area contributed by atoms with E-state index in [1.807, 2.05) is 20.1 Å². The van der Waals surface area contributed by atoms with Crippen molar-refractivity contribution >= 4 is 53.5 Å². The average molecular weight is 588 g/mol. The van der Waals surface area contributed by atoms with Gasteiger partial charge in [-0.3, -0.25) is 29.0 Å². The molecule has 228 valence electrons. The van der Waals surface area contributed by atoms with Crippen LogP contribution in [0.2, 0.25) is 0 Å². The van der Waals surface area contributed by atoms with Gasteiger partial charge in [0.05, 0.1) is 19.1 Å². The summed E-state index contributed by atoms with van der Waals surface area (Å²) in [5.41, 5.74) is 15.8. The molecule has 0 aliphatic carbocycles. The molecule has 0 fully saturated rings. The van der Waals surface area contributed by atoms with Crippen molar-refractivity contribution in [1.82, 2.24) is 26.6 Å². The van der Waals surface area contributed by atoms with Crippen LogP contribution in [0.25, 0.3) is 0 Å². The minimum Gasteiger partial charge on any atom is -0.370 e. The van der Waals surface area contributed by atoms with Crippen molar-refractivity contribution in [2.45, 2.75) is 70.6 Å². The highest BCUT2D eigenvalue weighted by molar-refractivity contribution is 7.98. The van der Waals surface area contributed by atoms with Gasteiger partial charge in [0, 0.05) is 6.54 Å². The second-order valence-corrected chi connectivity index (χ2v) is 10.5. The Hall–Kier alpha value is -3.40. The number of hydrogen-bond donors (Lipinski definition) is 8. The average Bonchev–Trinajstić information content (AvgIpc) is 2.89. The Bertz CT molecular complexity index is 883. The first-order valence-electron chi connectivity index (χ1n) is 13.0. The third kappa shape index (κ3) is 16.5. The lowest BCUT2D eigenvalue weighted by atomic mass is 10.0. The lowest BCUT2D eigenvalue weighted by Crippen LogP contribution is -2.55. The maximum absolute atomic E-state index is 12.9. The summed E-state index contributed by atoms with van der Waals surface area (Å²) in [6.45, 7) is 4.76. The van der Waals surface area contributed by atoms with E-state index in [2.05, 4.69) is 31.6 Å². The molecule has 0 aromatic heterocycles. The number of carbonyl (C=O) groups is 6. The number of guanidine groups is 1. The van der Waals surface area contributed by atoms with Crippen LogP contribution in [0.5, 0.6) is 0 Å². The maximum atomic E-state index is 12.9. The molecule has 0 bridgehead atoms. The van der Waals surface area contributed by atoms with Crippen LogP contribution in [0.3, 0.4) is 0 Å². The molecule has 0 radical (unpaired) electrons. The van der Waals surface area contributed by atoms with Gasteiger partial charge in [0.1, 0.15) is 24.4 Å². The normalized spacial score (nSPS) is 13.7. The van der Waals surface area contributed by atoms with Crippen molar-refractivity contribution < 1.29 is 28.8 Å². The third-order valence-electron chi connectivity index (χ3n) is 5.44. The zero-order chi connectivity index (χ0) is 30.7. The molecule has 40 heavy (non-hydrogen) atoms. The van der Waals surface area contributed by atoms with E-state index in [0.29, 0.717) is 44.3 Å². The Morgan fingerprint density at radius 2 is 1.55 bits per heavy atom. The maximum Gasteiger partial charge on any atom is 0.243 e. The largest absolute Gasteiger partial charge is 0.370 e. The van der Waals surface area contributed by atoms with Crippen LogP contribution < -0.4 is 43.8 Å². The van der Waals surface area contributed by atoms with Gasteiger partial charge in [0.15, 0.2) is 5.96 Å². The molecule has 0 aliphatic rings. The highest BCUT2D eigenvalue weighted by Gasteiger charge is 2.27. The van der Waals surface area contributed by atoms with Crippen molar-refractivity contribution in [1.29, 1.82) is 0 Å². The fourth-order valence-electron chi connectivity index (χ4n) is 3.38. The number of aldehydes is 1. The van der Waals surface area contributed by atoms with Gasteiger partial charge < -0.3 is 48.6 Å². The number of hydrogen-bond acceptors (Lipinski definition) is 9. The molecule has 0 spiro atoms. The lowest BCUT2D eigenvalue weighted by Gasteiger charge is -2.24. The molecule has 0 rings (SSSR count). The highest BCUT2D eigenvalue weighted by Crippen LogP contribution is 2.07. The predicted octanol–water partition coefficient (Wildman–Crippen LogP) is -2.93. The van der Waals surface area contributed by atoms with Crippen molar-refractivity contribution in [3.05, 3.63) is 0 Å². The number of rotatable bonds is 20. The number of nitrogens with two attached hydrogens (primary N) is 3. The molecule has 0 heterocycles. The summed E-state index contributed by atoms with van der Waals surface area (Å²) in [4.78, 5) is 77.3. The Balaban J connectivity index is 4.99. The van der Waals surface area contributed by atoms with Gasteiger partial charge in [0.2, 0.25) is 29.5 Å². The van der Waals surface area contributed by atoms with Gasteiger partial charge in [-0.15, -0.1) is 0 Å². The lowest BCUT2D eigenvalue weighted by molar-refractivity contribution is -0.133. The number of nitrogens with zero attached hydrogens (tertiary/aromatic N) is 1. The van der Waals surface area contributed by atoms with Crippen molar-refractivity contribution in [3.63, 3.8) is 0 Å². The summed E-state index contributed by atoms with van der Waals surface area (Å²) >= 11 is 1.49.